The number of pyridine rings is 1. The summed E-state index contributed by atoms with van der Waals surface area (Å²) >= 11 is 0. The molecule has 0 aliphatic heterocycles. The number of nitrogens with zero attached hydrogens (tertiary/aromatic N) is 1. The van der Waals surface area contributed by atoms with Crippen molar-refractivity contribution < 1.29 is 14.6 Å². The summed E-state index contributed by atoms with van der Waals surface area (Å²) in [5, 5.41) is 12.2. The molecule has 0 aliphatic carbocycles. The fourth-order valence-electron chi connectivity index (χ4n) is 1.79. The molecule has 106 valence electrons. The molecule has 0 aliphatic rings. The average Bonchev–Trinajstić information content (AvgIpc) is 2.52. The first-order chi connectivity index (χ1) is 9.76. The molecule has 1 heterocycles. The summed E-state index contributed by atoms with van der Waals surface area (Å²) in [6.07, 6.45) is 1.73. The van der Waals surface area contributed by atoms with E-state index in [4.69, 9.17) is 14.6 Å². The second kappa shape index (κ2) is 6.77. The van der Waals surface area contributed by atoms with E-state index in [9.17, 15) is 0 Å². The first-order valence-electron chi connectivity index (χ1n) is 6.30. The summed E-state index contributed by atoms with van der Waals surface area (Å²) in [7, 11) is 3.43. The average molecular weight is 274 g/mol. The molecule has 20 heavy (non-hydrogen) atoms. The van der Waals surface area contributed by atoms with Crippen molar-refractivity contribution in [3.05, 3.63) is 47.8 Å². The zero-order chi connectivity index (χ0) is 14.4. The van der Waals surface area contributed by atoms with E-state index < -0.39 is 0 Å². The van der Waals surface area contributed by atoms with Crippen molar-refractivity contribution in [2.75, 3.05) is 19.5 Å². The van der Waals surface area contributed by atoms with Crippen LogP contribution in [0.3, 0.4) is 0 Å². The van der Waals surface area contributed by atoms with Crippen molar-refractivity contribution >= 4 is 5.69 Å². The fourth-order valence-corrected chi connectivity index (χ4v) is 1.79. The molecule has 0 bridgehead atoms. The van der Waals surface area contributed by atoms with Crippen molar-refractivity contribution in [2.45, 2.75) is 13.2 Å². The summed E-state index contributed by atoms with van der Waals surface area (Å²) in [5.74, 6) is 1.22. The third kappa shape index (κ3) is 3.39. The molecule has 0 fully saturated rings. The van der Waals surface area contributed by atoms with E-state index in [0.717, 1.165) is 16.9 Å². The van der Waals surface area contributed by atoms with E-state index in [2.05, 4.69) is 10.3 Å². The number of methoxy groups -OCH3 is 1. The quantitative estimate of drug-likeness (QED) is 0.845. The number of rotatable bonds is 6. The monoisotopic (exact) mass is 274 g/mol. The number of benzene rings is 1. The lowest BCUT2D eigenvalue weighted by molar-refractivity contribution is 0.272. The van der Waals surface area contributed by atoms with Crippen LogP contribution in [0.2, 0.25) is 0 Å². The summed E-state index contributed by atoms with van der Waals surface area (Å²) in [5.41, 5.74) is 2.59. The lowest BCUT2D eigenvalue weighted by Crippen LogP contribution is -2.01. The van der Waals surface area contributed by atoms with Crippen LogP contribution in [0.1, 0.15) is 11.3 Å². The van der Waals surface area contributed by atoms with E-state index in [0.29, 0.717) is 18.1 Å². The Hall–Kier alpha value is -2.27. The maximum Gasteiger partial charge on any atom is 0.161 e. The van der Waals surface area contributed by atoms with Crippen LogP contribution in [0.4, 0.5) is 5.69 Å². The Bertz CT molecular complexity index is 573. The number of aromatic nitrogens is 1. The van der Waals surface area contributed by atoms with E-state index >= 15 is 0 Å². The van der Waals surface area contributed by atoms with Gasteiger partial charge in [0.1, 0.15) is 6.61 Å². The van der Waals surface area contributed by atoms with Gasteiger partial charge in [0.15, 0.2) is 11.5 Å². The van der Waals surface area contributed by atoms with E-state index in [-0.39, 0.29) is 6.61 Å². The third-order valence-corrected chi connectivity index (χ3v) is 2.89. The number of ether oxygens (including phenoxy) is 2. The Balaban J connectivity index is 2.10. The van der Waals surface area contributed by atoms with E-state index in [1.807, 2.05) is 19.2 Å². The number of aliphatic hydroxyl groups excluding tert-OH is 1. The number of aliphatic hydroxyl groups is 1. The molecule has 0 radical (unpaired) electrons. The Morgan fingerprint density at radius 1 is 1.20 bits per heavy atom. The van der Waals surface area contributed by atoms with Crippen LogP contribution in [0.25, 0.3) is 0 Å². The lowest BCUT2D eigenvalue weighted by atomic mass is 10.2. The van der Waals surface area contributed by atoms with Crippen LogP contribution in [0.5, 0.6) is 11.5 Å². The summed E-state index contributed by atoms with van der Waals surface area (Å²) in [6.45, 7) is 0.326. The molecule has 0 saturated heterocycles. The van der Waals surface area contributed by atoms with Crippen molar-refractivity contribution in [1.82, 2.24) is 4.98 Å². The first kappa shape index (κ1) is 14.1. The SMILES string of the molecule is CNc1ccnc(COc2ccc(CO)cc2OC)c1. The normalized spacial score (nSPS) is 10.2. The maximum atomic E-state index is 9.10. The Morgan fingerprint density at radius 2 is 2.05 bits per heavy atom. The van der Waals surface area contributed by atoms with Crippen molar-refractivity contribution in [1.29, 1.82) is 0 Å². The highest BCUT2D eigenvalue weighted by Crippen LogP contribution is 2.28. The van der Waals surface area contributed by atoms with Crippen molar-refractivity contribution in [3.63, 3.8) is 0 Å². The molecule has 2 aromatic rings. The fraction of sp³-hybridized carbons (Fsp3) is 0.267. The van der Waals surface area contributed by atoms with Gasteiger partial charge in [0.25, 0.3) is 0 Å². The minimum atomic E-state index is -0.0254. The topological polar surface area (TPSA) is 63.6 Å². The standard InChI is InChI=1S/C15H18N2O3/c1-16-12-5-6-17-13(8-12)10-20-14-4-3-11(9-18)7-15(14)19-2/h3-8,18H,9-10H2,1-2H3,(H,16,17). The van der Waals surface area contributed by atoms with Gasteiger partial charge in [0.2, 0.25) is 0 Å². The largest absolute Gasteiger partial charge is 0.493 e. The van der Waals surface area contributed by atoms with Crippen LogP contribution < -0.4 is 14.8 Å². The number of hydrogen-bond acceptors (Lipinski definition) is 5. The number of anilines is 1. The molecule has 1 aromatic heterocycles. The first-order valence-corrected chi connectivity index (χ1v) is 6.30. The van der Waals surface area contributed by atoms with Gasteiger partial charge in [-0.3, -0.25) is 4.98 Å². The predicted octanol–water partition coefficient (Wildman–Crippen LogP) is 2.20. The highest BCUT2D eigenvalue weighted by Gasteiger charge is 2.06. The van der Waals surface area contributed by atoms with Gasteiger partial charge in [0, 0.05) is 18.9 Å². The second-order valence-electron chi connectivity index (χ2n) is 4.22. The highest BCUT2D eigenvalue weighted by molar-refractivity contribution is 5.44. The van der Waals surface area contributed by atoms with Crippen LogP contribution in [-0.4, -0.2) is 24.2 Å². The molecule has 5 heteroatoms. The molecule has 1 aromatic carbocycles. The zero-order valence-electron chi connectivity index (χ0n) is 11.6. The number of hydrogen-bond donors (Lipinski definition) is 2. The minimum absolute atomic E-state index is 0.0254. The Kier molecular flexibility index (Phi) is 4.79. The smallest absolute Gasteiger partial charge is 0.161 e. The summed E-state index contributed by atoms with van der Waals surface area (Å²) in [6, 6.07) is 9.16. The zero-order valence-corrected chi connectivity index (χ0v) is 11.6. The minimum Gasteiger partial charge on any atom is -0.493 e. The molecular weight excluding hydrogens is 256 g/mol. The molecule has 2 rings (SSSR count). The van der Waals surface area contributed by atoms with Crippen LogP contribution in [0.15, 0.2) is 36.5 Å². The molecule has 2 N–H and O–H groups in total. The molecule has 0 unspecified atom stereocenters. The Morgan fingerprint density at radius 3 is 2.75 bits per heavy atom. The lowest BCUT2D eigenvalue weighted by Gasteiger charge is -2.11. The highest BCUT2D eigenvalue weighted by atomic mass is 16.5. The molecule has 0 amide bonds. The van der Waals surface area contributed by atoms with Gasteiger partial charge in [-0.05, 0) is 29.8 Å². The predicted molar refractivity (Wildman–Crippen MR) is 77.0 cm³/mol. The van der Waals surface area contributed by atoms with Gasteiger partial charge in [-0.15, -0.1) is 0 Å². The van der Waals surface area contributed by atoms with E-state index in [1.54, 1.807) is 31.5 Å². The van der Waals surface area contributed by atoms with Gasteiger partial charge in [-0.2, -0.15) is 0 Å². The molecule has 0 spiro atoms. The van der Waals surface area contributed by atoms with Gasteiger partial charge < -0.3 is 19.9 Å². The summed E-state index contributed by atoms with van der Waals surface area (Å²) in [4.78, 5) is 4.25. The van der Waals surface area contributed by atoms with Crippen LogP contribution in [0, 0.1) is 0 Å². The summed E-state index contributed by atoms with van der Waals surface area (Å²) < 4.78 is 11.0. The number of nitrogens with one attached hydrogen (secondary N) is 1. The molecular formula is C15H18N2O3. The molecule has 0 saturated carbocycles. The van der Waals surface area contributed by atoms with E-state index in [1.165, 1.54) is 0 Å². The Labute approximate surface area is 118 Å². The van der Waals surface area contributed by atoms with Crippen molar-refractivity contribution in [2.24, 2.45) is 0 Å². The molecule has 0 atom stereocenters. The van der Waals surface area contributed by atoms with Crippen LogP contribution >= 0.6 is 0 Å². The van der Waals surface area contributed by atoms with Gasteiger partial charge in [0.05, 0.1) is 19.4 Å². The van der Waals surface area contributed by atoms with Gasteiger partial charge in [-0.25, -0.2) is 0 Å². The van der Waals surface area contributed by atoms with Crippen LogP contribution in [-0.2, 0) is 13.2 Å². The maximum absolute atomic E-state index is 9.10. The third-order valence-electron chi connectivity index (χ3n) is 2.89. The van der Waals surface area contributed by atoms with Gasteiger partial charge >= 0.3 is 0 Å². The van der Waals surface area contributed by atoms with Crippen molar-refractivity contribution in [3.8, 4) is 11.5 Å². The van der Waals surface area contributed by atoms with Gasteiger partial charge in [-0.1, -0.05) is 6.07 Å². The molecule has 5 nitrogen and oxygen atoms in total. The second-order valence-corrected chi connectivity index (χ2v) is 4.22.